The van der Waals surface area contributed by atoms with Crippen molar-refractivity contribution in [1.29, 1.82) is 0 Å². The minimum Gasteiger partial charge on any atom is -0.505 e. The first-order valence-corrected chi connectivity index (χ1v) is 13.6. The number of aryl methyl sites for hydroxylation is 1. The first kappa shape index (κ1) is 24.9. The van der Waals surface area contributed by atoms with Crippen LogP contribution >= 0.6 is 23.1 Å². The Morgan fingerprint density at radius 2 is 1.92 bits per heavy atom. The van der Waals surface area contributed by atoms with E-state index in [0.29, 0.717) is 32.7 Å². The Kier molecular flexibility index (Phi) is 6.41. The molecule has 194 valence electrons. The third-order valence-electron chi connectivity index (χ3n) is 6.25. The maximum atomic E-state index is 13.5. The van der Waals surface area contributed by atoms with Crippen molar-refractivity contribution in [2.75, 3.05) is 4.90 Å². The summed E-state index contributed by atoms with van der Waals surface area (Å²) in [7, 11) is 0. The molecule has 1 aliphatic heterocycles. The van der Waals surface area contributed by atoms with Crippen molar-refractivity contribution in [1.82, 2.24) is 24.6 Å². The van der Waals surface area contributed by atoms with Crippen LogP contribution in [0.25, 0.3) is 11.4 Å². The summed E-state index contributed by atoms with van der Waals surface area (Å²) < 4.78 is 15.5. The smallest absolute Gasteiger partial charge is 0.301 e. The number of carbonyl (C=O) groups excluding carboxylic acids is 2. The second-order valence-corrected chi connectivity index (χ2v) is 10.9. The van der Waals surface area contributed by atoms with Crippen LogP contribution in [-0.2, 0) is 15.3 Å². The number of nitrogens with zero attached hydrogens (tertiary/aromatic N) is 6. The van der Waals surface area contributed by atoms with Gasteiger partial charge in [-0.1, -0.05) is 47.4 Å². The summed E-state index contributed by atoms with van der Waals surface area (Å²) in [5.74, 6) is -1.80. The maximum absolute atomic E-state index is 13.5. The zero-order valence-corrected chi connectivity index (χ0v) is 22.0. The highest BCUT2D eigenvalue weighted by Crippen LogP contribution is 2.44. The lowest BCUT2D eigenvalue weighted by Gasteiger charge is -2.22. The van der Waals surface area contributed by atoms with E-state index in [1.165, 1.54) is 28.8 Å². The van der Waals surface area contributed by atoms with E-state index in [4.69, 9.17) is 0 Å². The van der Waals surface area contributed by atoms with Crippen LogP contribution in [0.2, 0.25) is 0 Å². The van der Waals surface area contributed by atoms with Gasteiger partial charge in [0, 0.05) is 24.3 Å². The maximum Gasteiger partial charge on any atom is 0.301 e. The van der Waals surface area contributed by atoms with E-state index < -0.39 is 17.7 Å². The first-order chi connectivity index (χ1) is 18.9. The molecule has 5 aromatic rings. The van der Waals surface area contributed by atoms with Gasteiger partial charge in [-0.3, -0.25) is 23.9 Å². The Bertz CT molecular complexity index is 1750. The van der Waals surface area contributed by atoms with Gasteiger partial charge in [0.15, 0.2) is 10.1 Å². The summed E-state index contributed by atoms with van der Waals surface area (Å²) in [5.41, 5.74) is 2.77. The average molecular weight is 559 g/mol. The number of hydrogen-bond acceptors (Lipinski definition) is 9. The van der Waals surface area contributed by atoms with Crippen LogP contribution < -0.4 is 4.90 Å². The number of aromatic nitrogens is 5. The fourth-order valence-electron chi connectivity index (χ4n) is 4.49. The quantitative estimate of drug-likeness (QED) is 0.102. The van der Waals surface area contributed by atoms with Crippen molar-refractivity contribution >= 4 is 51.3 Å². The van der Waals surface area contributed by atoms with Gasteiger partial charge in [0.05, 0.1) is 17.3 Å². The standard InChI is InChI=1S/C27H19FN6O3S2/c1-15-21(33-12-3-2-6-19(33)30-15)23(35)20-22(17-5-4-11-29-13-17)34(25(37)24(20)36)26-31-32-27(39-26)38-14-16-7-9-18(28)10-8-16/h2-13,22,35H,14H2,1H3. The summed E-state index contributed by atoms with van der Waals surface area (Å²) in [5, 5.41) is 20.2. The van der Waals surface area contributed by atoms with Crippen molar-refractivity contribution in [3.05, 3.63) is 107 Å². The van der Waals surface area contributed by atoms with E-state index >= 15 is 0 Å². The molecule has 12 heteroatoms. The largest absolute Gasteiger partial charge is 0.505 e. The normalized spacial score (nSPS) is 16.9. The molecule has 0 aliphatic carbocycles. The number of amides is 1. The number of imidazole rings is 1. The Labute approximate surface area is 229 Å². The lowest BCUT2D eigenvalue weighted by Crippen LogP contribution is -2.29. The van der Waals surface area contributed by atoms with Gasteiger partial charge in [-0.15, -0.1) is 10.2 Å². The third-order valence-corrected chi connectivity index (χ3v) is 8.38. The molecule has 39 heavy (non-hydrogen) atoms. The van der Waals surface area contributed by atoms with Gasteiger partial charge in [0.25, 0.3) is 5.78 Å². The Morgan fingerprint density at radius 1 is 1.10 bits per heavy atom. The van der Waals surface area contributed by atoms with Crippen molar-refractivity contribution in [3.8, 4) is 0 Å². The lowest BCUT2D eigenvalue weighted by atomic mass is 9.97. The molecule has 9 nitrogen and oxygen atoms in total. The number of aliphatic hydroxyl groups excluding tert-OH is 1. The molecule has 0 saturated carbocycles. The highest BCUT2D eigenvalue weighted by atomic mass is 32.2. The molecule has 1 fully saturated rings. The van der Waals surface area contributed by atoms with Crippen LogP contribution in [0.3, 0.4) is 0 Å². The van der Waals surface area contributed by atoms with Gasteiger partial charge < -0.3 is 5.11 Å². The molecule has 0 bridgehead atoms. The number of benzene rings is 1. The molecule has 1 aromatic carbocycles. The zero-order valence-electron chi connectivity index (χ0n) is 20.4. The fourth-order valence-corrected chi connectivity index (χ4v) is 6.32. The van der Waals surface area contributed by atoms with Gasteiger partial charge in [-0.25, -0.2) is 9.37 Å². The number of halogens is 1. The second kappa shape index (κ2) is 10.0. The second-order valence-electron chi connectivity index (χ2n) is 8.70. The van der Waals surface area contributed by atoms with E-state index in [0.717, 1.165) is 16.9 Å². The molecule has 1 N–H and O–H groups in total. The van der Waals surface area contributed by atoms with Gasteiger partial charge in [-0.2, -0.15) is 0 Å². The molecule has 1 atom stereocenters. The number of fused-ring (bicyclic) bond motifs is 1. The Hall–Kier alpha value is -4.42. The van der Waals surface area contributed by atoms with E-state index in [-0.39, 0.29) is 22.3 Å². The van der Waals surface area contributed by atoms with Crippen LogP contribution in [0.5, 0.6) is 0 Å². The predicted molar refractivity (Wildman–Crippen MR) is 145 cm³/mol. The van der Waals surface area contributed by atoms with Crippen LogP contribution in [-0.4, -0.2) is 41.4 Å². The van der Waals surface area contributed by atoms with E-state index in [9.17, 15) is 19.1 Å². The molecule has 5 heterocycles. The molecule has 6 rings (SSSR count). The number of aliphatic hydroxyl groups is 1. The Balaban J connectivity index is 1.42. The number of pyridine rings is 2. The molecule has 1 amide bonds. The van der Waals surface area contributed by atoms with E-state index in [1.54, 1.807) is 66.3 Å². The zero-order chi connectivity index (χ0) is 27.1. The number of thioether (sulfide) groups is 1. The summed E-state index contributed by atoms with van der Waals surface area (Å²) in [6.45, 7) is 1.73. The monoisotopic (exact) mass is 558 g/mol. The van der Waals surface area contributed by atoms with Gasteiger partial charge in [-0.05, 0) is 48.4 Å². The van der Waals surface area contributed by atoms with Crippen molar-refractivity contribution < 1.29 is 19.1 Å². The number of anilines is 1. The number of Topliss-reactive ketones (excluding diaryl/α,β-unsaturated/α-hetero) is 1. The van der Waals surface area contributed by atoms with Gasteiger partial charge in [0.2, 0.25) is 5.13 Å². The van der Waals surface area contributed by atoms with E-state index in [1.807, 2.05) is 6.07 Å². The van der Waals surface area contributed by atoms with Crippen LogP contribution in [0.1, 0.15) is 28.6 Å². The first-order valence-electron chi connectivity index (χ1n) is 11.8. The van der Waals surface area contributed by atoms with Crippen molar-refractivity contribution in [2.24, 2.45) is 0 Å². The number of ketones is 1. The fraction of sp³-hybridized carbons (Fsp3) is 0.111. The molecule has 1 saturated heterocycles. The SMILES string of the molecule is Cc1nc2ccccn2c1C(O)=C1C(=O)C(=O)N(c2nnc(SCc3ccc(F)cc3)s2)C1c1cccnc1. The average Bonchev–Trinajstić information content (AvgIpc) is 3.62. The topological polar surface area (TPSA) is 114 Å². The third kappa shape index (κ3) is 4.47. The molecule has 0 radical (unpaired) electrons. The molecule has 1 unspecified atom stereocenters. The molecule has 4 aromatic heterocycles. The highest BCUT2D eigenvalue weighted by molar-refractivity contribution is 8.00. The van der Waals surface area contributed by atoms with E-state index in [2.05, 4.69) is 20.2 Å². The minimum atomic E-state index is -0.977. The molecule has 1 aliphatic rings. The van der Waals surface area contributed by atoms with Gasteiger partial charge >= 0.3 is 5.91 Å². The predicted octanol–water partition coefficient (Wildman–Crippen LogP) is 4.95. The number of hydrogen-bond donors (Lipinski definition) is 1. The van der Waals surface area contributed by atoms with Gasteiger partial charge in [0.1, 0.15) is 17.2 Å². The Morgan fingerprint density at radius 3 is 2.69 bits per heavy atom. The minimum absolute atomic E-state index is 0.0857. The summed E-state index contributed by atoms with van der Waals surface area (Å²) in [4.78, 5) is 36.8. The van der Waals surface area contributed by atoms with Crippen LogP contribution in [0, 0.1) is 12.7 Å². The molecular weight excluding hydrogens is 539 g/mol. The lowest BCUT2D eigenvalue weighted by molar-refractivity contribution is -0.132. The summed E-state index contributed by atoms with van der Waals surface area (Å²) in [6.07, 6.45) is 4.86. The van der Waals surface area contributed by atoms with Crippen LogP contribution in [0.4, 0.5) is 9.52 Å². The summed E-state index contributed by atoms with van der Waals surface area (Å²) >= 11 is 2.53. The highest BCUT2D eigenvalue weighted by Gasteiger charge is 2.49. The summed E-state index contributed by atoms with van der Waals surface area (Å²) in [6, 6.07) is 14.0. The van der Waals surface area contributed by atoms with Crippen LogP contribution in [0.15, 0.2) is 83.1 Å². The molecular formula is C27H19FN6O3S2. The number of rotatable bonds is 6. The molecule has 0 spiro atoms. The van der Waals surface area contributed by atoms with Crippen molar-refractivity contribution in [2.45, 2.75) is 23.1 Å². The van der Waals surface area contributed by atoms with Crippen molar-refractivity contribution in [3.63, 3.8) is 0 Å². The number of carbonyl (C=O) groups is 2.